The molecule has 6 heteroatoms. The van der Waals surface area contributed by atoms with Gasteiger partial charge in [0, 0.05) is 47.5 Å². The number of nitrogens with one attached hydrogen (secondary N) is 2. The molecule has 0 aliphatic heterocycles. The lowest BCUT2D eigenvalue weighted by Crippen LogP contribution is -2.14. The minimum atomic E-state index is -0.129. The molecule has 0 unspecified atom stereocenters. The largest absolute Gasteiger partial charge is 0.348 e. The van der Waals surface area contributed by atoms with Crippen LogP contribution in [0.25, 0.3) is 16.9 Å². The molecule has 0 radical (unpaired) electrons. The zero-order chi connectivity index (χ0) is 22.1. The van der Waals surface area contributed by atoms with Gasteiger partial charge in [-0.15, -0.1) is 0 Å². The highest BCUT2D eigenvalue weighted by Gasteiger charge is 2.13. The number of amides is 1. The number of pyridine rings is 1. The summed E-state index contributed by atoms with van der Waals surface area (Å²) in [7, 11) is 0. The molecule has 2 N–H and O–H groups in total. The van der Waals surface area contributed by atoms with Gasteiger partial charge in [0.1, 0.15) is 5.65 Å². The summed E-state index contributed by atoms with van der Waals surface area (Å²) in [6.45, 7) is 4.08. The number of hydrogen-bond acceptors (Lipinski definition) is 3. The molecule has 0 spiro atoms. The van der Waals surface area contributed by atoms with Gasteiger partial charge in [-0.3, -0.25) is 4.79 Å². The van der Waals surface area contributed by atoms with E-state index >= 15 is 0 Å². The maximum atomic E-state index is 13.0. The van der Waals surface area contributed by atoms with Crippen molar-refractivity contribution in [2.24, 2.45) is 0 Å². The Labute approximate surface area is 186 Å². The van der Waals surface area contributed by atoms with E-state index in [0.717, 1.165) is 45.0 Å². The minimum absolute atomic E-state index is 0.129. The topological polar surface area (TPSA) is 75.1 Å². The predicted molar refractivity (Wildman–Crippen MR) is 126 cm³/mol. The summed E-state index contributed by atoms with van der Waals surface area (Å²) in [5, 5.41) is 3.02. The Morgan fingerprint density at radius 1 is 1.09 bits per heavy atom. The Bertz CT molecular complexity index is 1400. The van der Waals surface area contributed by atoms with E-state index in [1.807, 2.05) is 72.2 Å². The summed E-state index contributed by atoms with van der Waals surface area (Å²) >= 11 is 0. The molecule has 0 atom stereocenters. The molecular weight excluding hydrogens is 398 g/mol. The number of benzene rings is 2. The average molecular weight is 422 g/mol. The molecule has 6 nitrogen and oxygen atoms in total. The third-order valence-electron chi connectivity index (χ3n) is 5.56. The van der Waals surface area contributed by atoms with E-state index in [9.17, 15) is 4.79 Å². The second-order valence-electron chi connectivity index (χ2n) is 7.99. The maximum Gasteiger partial charge on any atom is 0.255 e. The highest BCUT2D eigenvalue weighted by Crippen LogP contribution is 2.23. The van der Waals surface area contributed by atoms with Crippen molar-refractivity contribution in [2.45, 2.75) is 20.3 Å². The van der Waals surface area contributed by atoms with E-state index in [1.165, 1.54) is 0 Å². The summed E-state index contributed by atoms with van der Waals surface area (Å²) < 4.78 is 2.03. The molecule has 3 heterocycles. The van der Waals surface area contributed by atoms with Crippen molar-refractivity contribution in [3.05, 3.63) is 107 Å². The van der Waals surface area contributed by atoms with Crippen molar-refractivity contribution >= 4 is 17.2 Å². The van der Waals surface area contributed by atoms with Crippen LogP contribution in [0.3, 0.4) is 0 Å². The average Bonchev–Trinajstić information content (AvgIpc) is 3.45. The van der Waals surface area contributed by atoms with Crippen LogP contribution in [-0.4, -0.2) is 25.3 Å². The SMILES string of the molecule is Cc1ccc(C(=O)Nc2ccc(-c3cn4cccc(C)c4n3)cc2)c(Cc2cnc[nH]2)c1. The number of carbonyl (C=O) groups is 1. The van der Waals surface area contributed by atoms with Gasteiger partial charge in [-0.05, 0) is 49.2 Å². The van der Waals surface area contributed by atoms with E-state index in [4.69, 9.17) is 4.98 Å². The molecule has 0 fully saturated rings. The molecule has 5 rings (SSSR count). The molecule has 0 aliphatic rings. The summed E-state index contributed by atoms with van der Waals surface area (Å²) in [5.41, 5.74) is 8.43. The number of aromatic amines is 1. The molecular formula is C26H23N5O. The number of carbonyl (C=O) groups excluding carboxylic acids is 1. The number of fused-ring (bicyclic) bond motifs is 1. The third-order valence-corrected chi connectivity index (χ3v) is 5.56. The van der Waals surface area contributed by atoms with Gasteiger partial charge >= 0.3 is 0 Å². The molecule has 2 aromatic carbocycles. The van der Waals surface area contributed by atoms with Gasteiger partial charge < -0.3 is 14.7 Å². The number of imidazole rings is 2. The molecule has 0 aliphatic carbocycles. The van der Waals surface area contributed by atoms with E-state index < -0.39 is 0 Å². The number of H-pyrrole nitrogens is 1. The molecule has 0 saturated carbocycles. The summed E-state index contributed by atoms with van der Waals surface area (Å²) in [6, 6.07) is 17.7. The Kier molecular flexibility index (Phi) is 5.03. The number of anilines is 1. The molecule has 0 bridgehead atoms. The fraction of sp³-hybridized carbons (Fsp3) is 0.115. The van der Waals surface area contributed by atoms with Gasteiger partial charge in [0.05, 0.1) is 12.0 Å². The predicted octanol–water partition coefficient (Wildman–Crippen LogP) is 5.18. The van der Waals surface area contributed by atoms with Crippen LogP contribution in [0.15, 0.2) is 79.5 Å². The fourth-order valence-corrected chi connectivity index (χ4v) is 3.89. The third kappa shape index (κ3) is 3.90. The maximum absolute atomic E-state index is 13.0. The molecule has 1 amide bonds. The first kappa shape index (κ1) is 19.8. The van der Waals surface area contributed by atoms with Crippen LogP contribution in [0.5, 0.6) is 0 Å². The Balaban J connectivity index is 1.36. The normalized spacial score (nSPS) is 11.1. The summed E-state index contributed by atoms with van der Waals surface area (Å²) in [6.07, 6.45) is 8.07. The van der Waals surface area contributed by atoms with Crippen molar-refractivity contribution in [2.75, 3.05) is 5.32 Å². The number of nitrogens with zero attached hydrogens (tertiary/aromatic N) is 3. The quantitative estimate of drug-likeness (QED) is 0.410. The van der Waals surface area contributed by atoms with Crippen molar-refractivity contribution in [1.29, 1.82) is 0 Å². The number of rotatable bonds is 5. The highest BCUT2D eigenvalue weighted by atomic mass is 16.1. The number of aryl methyl sites for hydroxylation is 2. The number of aromatic nitrogens is 4. The van der Waals surface area contributed by atoms with E-state index in [-0.39, 0.29) is 5.91 Å². The van der Waals surface area contributed by atoms with E-state index in [2.05, 4.69) is 28.3 Å². The van der Waals surface area contributed by atoms with Crippen molar-refractivity contribution in [3.63, 3.8) is 0 Å². The Morgan fingerprint density at radius 2 is 1.94 bits per heavy atom. The van der Waals surface area contributed by atoms with Crippen LogP contribution in [0.4, 0.5) is 5.69 Å². The van der Waals surface area contributed by atoms with Gasteiger partial charge in [-0.1, -0.05) is 35.9 Å². The van der Waals surface area contributed by atoms with Gasteiger partial charge in [-0.2, -0.15) is 0 Å². The van der Waals surface area contributed by atoms with Gasteiger partial charge in [0.25, 0.3) is 5.91 Å². The first-order chi connectivity index (χ1) is 15.6. The zero-order valence-electron chi connectivity index (χ0n) is 18.0. The van der Waals surface area contributed by atoms with Crippen molar-refractivity contribution in [3.8, 4) is 11.3 Å². The van der Waals surface area contributed by atoms with Gasteiger partial charge in [-0.25, -0.2) is 9.97 Å². The van der Waals surface area contributed by atoms with Crippen LogP contribution in [0.2, 0.25) is 0 Å². The first-order valence-electron chi connectivity index (χ1n) is 10.5. The molecule has 3 aromatic heterocycles. The van der Waals surface area contributed by atoms with Crippen LogP contribution in [0, 0.1) is 13.8 Å². The lowest BCUT2D eigenvalue weighted by molar-refractivity contribution is 0.102. The van der Waals surface area contributed by atoms with Crippen molar-refractivity contribution < 1.29 is 4.79 Å². The van der Waals surface area contributed by atoms with Crippen LogP contribution in [-0.2, 0) is 6.42 Å². The molecule has 0 saturated heterocycles. The smallest absolute Gasteiger partial charge is 0.255 e. The Hall–Kier alpha value is -4.19. The second-order valence-corrected chi connectivity index (χ2v) is 7.99. The highest BCUT2D eigenvalue weighted by molar-refractivity contribution is 6.05. The molecule has 32 heavy (non-hydrogen) atoms. The summed E-state index contributed by atoms with van der Waals surface area (Å²) in [4.78, 5) is 25.0. The standard InChI is InChI=1S/C26H23N5O/c1-17-5-10-23(20(12-17)13-22-14-27-16-28-22)26(32)29-21-8-6-19(7-9-21)24-15-31-11-3-4-18(2)25(31)30-24/h3-12,14-16H,13H2,1-2H3,(H,27,28)(H,29,32). The molecule has 5 aromatic rings. The van der Waals surface area contributed by atoms with Crippen LogP contribution in [0.1, 0.15) is 32.7 Å². The zero-order valence-corrected chi connectivity index (χ0v) is 18.0. The lowest BCUT2D eigenvalue weighted by atomic mass is 10.00. The van der Waals surface area contributed by atoms with Crippen molar-refractivity contribution in [1.82, 2.24) is 19.4 Å². The van der Waals surface area contributed by atoms with Crippen LogP contribution < -0.4 is 5.32 Å². The van der Waals surface area contributed by atoms with E-state index in [1.54, 1.807) is 12.5 Å². The van der Waals surface area contributed by atoms with Gasteiger partial charge in [0.2, 0.25) is 0 Å². The lowest BCUT2D eigenvalue weighted by Gasteiger charge is -2.11. The Morgan fingerprint density at radius 3 is 2.69 bits per heavy atom. The van der Waals surface area contributed by atoms with Gasteiger partial charge in [0.15, 0.2) is 0 Å². The monoisotopic (exact) mass is 421 g/mol. The van der Waals surface area contributed by atoms with E-state index in [0.29, 0.717) is 12.0 Å². The van der Waals surface area contributed by atoms with Crippen LogP contribution >= 0.6 is 0 Å². The second kappa shape index (κ2) is 8.15. The first-order valence-corrected chi connectivity index (χ1v) is 10.5. The minimum Gasteiger partial charge on any atom is -0.348 e. The summed E-state index contributed by atoms with van der Waals surface area (Å²) in [5.74, 6) is -0.129. The fourth-order valence-electron chi connectivity index (χ4n) is 3.89. The number of hydrogen-bond donors (Lipinski definition) is 2. The molecule has 158 valence electrons.